The maximum Gasteiger partial charge on any atom is 0.138 e. The van der Waals surface area contributed by atoms with Crippen molar-refractivity contribution in [1.82, 2.24) is 9.80 Å². The summed E-state index contributed by atoms with van der Waals surface area (Å²) in [6.45, 7) is 7.51. The minimum atomic E-state index is 0.0723. The normalized spacial score (nSPS) is 25.0. The van der Waals surface area contributed by atoms with Crippen LogP contribution < -0.4 is 0 Å². The average molecular weight is 229 g/mol. The first-order valence-corrected chi connectivity index (χ1v) is 6.01. The molecule has 1 atom stereocenters. The first-order valence-electron chi connectivity index (χ1n) is 6.01. The number of allylic oxidation sites excluding steroid dienone is 1. The zero-order chi connectivity index (χ0) is 12.8. The molecule has 0 saturated heterocycles. The van der Waals surface area contributed by atoms with Crippen LogP contribution in [0.3, 0.4) is 0 Å². The van der Waals surface area contributed by atoms with Gasteiger partial charge >= 0.3 is 0 Å². The zero-order valence-electron chi connectivity index (χ0n) is 11.4. The van der Waals surface area contributed by atoms with E-state index in [1.807, 2.05) is 0 Å². The number of hydrogen-bond acceptors (Lipinski definition) is 3. The second-order valence-electron chi connectivity index (χ2n) is 5.91. The SMILES string of the molecule is [B]C1=NC2=C(N(C)CC=C2)N(C)C1C(C)(C)C. The van der Waals surface area contributed by atoms with Crippen molar-refractivity contribution in [3.63, 3.8) is 0 Å². The Kier molecular flexibility index (Phi) is 2.84. The third-order valence-electron chi connectivity index (χ3n) is 3.32. The van der Waals surface area contributed by atoms with Gasteiger partial charge in [-0.2, -0.15) is 0 Å². The fourth-order valence-electron chi connectivity index (χ4n) is 2.76. The van der Waals surface area contributed by atoms with E-state index in [-0.39, 0.29) is 11.5 Å². The number of nitrogens with zero attached hydrogens (tertiary/aromatic N) is 3. The number of rotatable bonds is 0. The predicted octanol–water partition coefficient (Wildman–Crippen LogP) is 1.58. The quantitative estimate of drug-likeness (QED) is 0.587. The van der Waals surface area contributed by atoms with E-state index in [2.05, 4.69) is 61.8 Å². The molecule has 0 aromatic heterocycles. The van der Waals surface area contributed by atoms with E-state index in [9.17, 15) is 0 Å². The molecule has 2 heterocycles. The van der Waals surface area contributed by atoms with Gasteiger partial charge in [0.15, 0.2) is 0 Å². The van der Waals surface area contributed by atoms with Gasteiger partial charge in [0, 0.05) is 20.6 Å². The Hall–Kier alpha value is -1.19. The molecule has 90 valence electrons. The molecule has 3 nitrogen and oxygen atoms in total. The third kappa shape index (κ3) is 2.01. The average Bonchev–Trinajstić information content (AvgIpc) is 2.14. The molecule has 17 heavy (non-hydrogen) atoms. The van der Waals surface area contributed by atoms with Gasteiger partial charge in [-0.25, -0.2) is 0 Å². The van der Waals surface area contributed by atoms with E-state index in [1.165, 1.54) is 5.82 Å². The fourth-order valence-corrected chi connectivity index (χ4v) is 2.76. The number of aliphatic imine (C=N–C) groups is 1. The molecule has 0 fully saturated rings. The Balaban J connectivity index is 2.46. The largest absolute Gasteiger partial charge is 0.356 e. The molecule has 0 spiro atoms. The highest BCUT2D eigenvalue weighted by Gasteiger charge is 2.36. The molecular formula is C13H20BN3. The molecule has 0 saturated carbocycles. The maximum absolute atomic E-state index is 6.13. The van der Waals surface area contributed by atoms with Gasteiger partial charge in [-0.15, -0.1) is 0 Å². The van der Waals surface area contributed by atoms with Crippen LogP contribution in [0.15, 0.2) is 28.7 Å². The molecule has 0 amide bonds. The van der Waals surface area contributed by atoms with Crippen molar-refractivity contribution >= 4 is 13.5 Å². The van der Waals surface area contributed by atoms with Crippen LogP contribution >= 0.6 is 0 Å². The van der Waals surface area contributed by atoms with Crippen molar-refractivity contribution in [2.75, 3.05) is 20.6 Å². The summed E-state index contributed by atoms with van der Waals surface area (Å²) in [7, 11) is 10.3. The van der Waals surface area contributed by atoms with E-state index >= 15 is 0 Å². The molecule has 2 aliphatic heterocycles. The monoisotopic (exact) mass is 229 g/mol. The van der Waals surface area contributed by atoms with E-state index < -0.39 is 0 Å². The highest BCUT2D eigenvalue weighted by molar-refractivity contribution is 6.61. The van der Waals surface area contributed by atoms with Crippen LogP contribution in [0.25, 0.3) is 0 Å². The van der Waals surface area contributed by atoms with Crippen molar-refractivity contribution in [2.24, 2.45) is 10.4 Å². The third-order valence-corrected chi connectivity index (χ3v) is 3.32. The lowest BCUT2D eigenvalue weighted by Gasteiger charge is -2.46. The summed E-state index contributed by atoms with van der Waals surface area (Å²) in [4.78, 5) is 9.02. The Morgan fingerprint density at radius 2 is 2.00 bits per heavy atom. The van der Waals surface area contributed by atoms with E-state index in [0.717, 1.165) is 12.2 Å². The predicted molar refractivity (Wildman–Crippen MR) is 73.0 cm³/mol. The first-order chi connectivity index (χ1) is 7.82. The minimum Gasteiger partial charge on any atom is -0.356 e. The highest BCUT2D eigenvalue weighted by atomic mass is 15.3. The first kappa shape index (κ1) is 12.3. The van der Waals surface area contributed by atoms with Crippen LogP contribution in [-0.4, -0.2) is 49.9 Å². The van der Waals surface area contributed by atoms with Crippen LogP contribution in [-0.2, 0) is 0 Å². The van der Waals surface area contributed by atoms with Crippen LogP contribution in [0.5, 0.6) is 0 Å². The summed E-state index contributed by atoms with van der Waals surface area (Å²) in [5.41, 5.74) is 1.75. The second-order valence-corrected chi connectivity index (χ2v) is 5.91. The van der Waals surface area contributed by atoms with Crippen LogP contribution in [0.2, 0.25) is 0 Å². The topological polar surface area (TPSA) is 18.8 Å². The number of hydrogen-bond donors (Lipinski definition) is 0. The Bertz CT molecular complexity index is 415. The lowest BCUT2D eigenvalue weighted by atomic mass is 9.75. The van der Waals surface area contributed by atoms with E-state index in [4.69, 9.17) is 7.85 Å². The van der Waals surface area contributed by atoms with Crippen molar-refractivity contribution in [1.29, 1.82) is 0 Å². The Labute approximate surface area is 105 Å². The molecule has 2 rings (SSSR count). The lowest BCUT2D eigenvalue weighted by molar-refractivity contribution is 0.168. The van der Waals surface area contributed by atoms with Crippen LogP contribution in [0, 0.1) is 5.41 Å². The maximum atomic E-state index is 6.13. The molecule has 2 radical (unpaired) electrons. The van der Waals surface area contributed by atoms with Crippen molar-refractivity contribution < 1.29 is 0 Å². The summed E-state index contributed by atoms with van der Waals surface area (Å²) in [5.74, 6) is 1.17. The summed E-state index contributed by atoms with van der Waals surface area (Å²) in [6.07, 6.45) is 4.17. The van der Waals surface area contributed by atoms with Gasteiger partial charge in [-0.1, -0.05) is 26.8 Å². The van der Waals surface area contributed by atoms with Gasteiger partial charge < -0.3 is 9.80 Å². The van der Waals surface area contributed by atoms with Gasteiger partial charge in [-0.05, 0) is 17.1 Å². The van der Waals surface area contributed by atoms with Crippen molar-refractivity contribution in [3.8, 4) is 0 Å². The molecule has 1 unspecified atom stereocenters. The van der Waals surface area contributed by atoms with Gasteiger partial charge in [0.2, 0.25) is 0 Å². The Morgan fingerprint density at radius 3 is 2.59 bits per heavy atom. The summed E-state index contributed by atoms with van der Waals surface area (Å²) < 4.78 is 0. The molecule has 2 aliphatic rings. The second kappa shape index (κ2) is 3.93. The smallest absolute Gasteiger partial charge is 0.138 e. The lowest BCUT2D eigenvalue weighted by Crippen LogP contribution is -2.52. The summed E-state index contributed by atoms with van der Waals surface area (Å²) in [5, 5.41) is 0. The van der Waals surface area contributed by atoms with E-state index in [0.29, 0.717) is 5.61 Å². The van der Waals surface area contributed by atoms with Crippen LogP contribution in [0.4, 0.5) is 0 Å². The Morgan fingerprint density at radius 1 is 1.35 bits per heavy atom. The van der Waals surface area contributed by atoms with Crippen molar-refractivity contribution in [3.05, 3.63) is 23.7 Å². The standard InChI is InChI=1S/C13H20BN3/c1-13(2,3)10-11(14)15-9-7-6-8-16(4)12(9)17(10)5/h6-7,10H,8H2,1-5H3. The summed E-state index contributed by atoms with van der Waals surface area (Å²) in [6, 6.07) is 0.148. The van der Waals surface area contributed by atoms with Gasteiger partial charge in [-0.3, -0.25) is 4.99 Å². The highest BCUT2D eigenvalue weighted by Crippen LogP contribution is 2.33. The zero-order valence-corrected chi connectivity index (χ0v) is 11.4. The molecule has 0 N–H and O–H groups in total. The molecule has 0 aromatic carbocycles. The van der Waals surface area contributed by atoms with Gasteiger partial charge in [0.1, 0.15) is 19.4 Å². The summed E-state index contributed by atoms with van der Waals surface area (Å²) >= 11 is 0. The van der Waals surface area contributed by atoms with Crippen molar-refractivity contribution in [2.45, 2.75) is 26.8 Å². The minimum absolute atomic E-state index is 0.0723. The van der Waals surface area contributed by atoms with Gasteiger partial charge in [0.25, 0.3) is 0 Å². The van der Waals surface area contributed by atoms with E-state index in [1.54, 1.807) is 0 Å². The molecule has 0 aliphatic carbocycles. The molecule has 0 aromatic rings. The molecule has 4 heteroatoms. The fraction of sp³-hybridized carbons (Fsp3) is 0.615. The van der Waals surface area contributed by atoms with Gasteiger partial charge in [0.05, 0.1) is 6.04 Å². The molecule has 0 bridgehead atoms. The number of likely N-dealkylation sites (N-methyl/N-ethyl adjacent to an activating group) is 1. The van der Waals surface area contributed by atoms with Crippen LogP contribution in [0.1, 0.15) is 20.8 Å². The molecular weight excluding hydrogens is 209 g/mol.